The quantitative estimate of drug-likeness (QED) is 0.451. The van der Waals surface area contributed by atoms with Crippen LogP contribution in [0.25, 0.3) is 0 Å². The fourth-order valence-electron chi connectivity index (χ4n) is 2.07. The SMILES string of the molecule is COCCNC(N)=NC[C@@H]1Cc2ccccc21. The molecule has 0 amide bonds. The van der Waals surface area contributed by atoms with Gasteiger partial charge in [-0.25, -0.2) is 0 Å². The van der Waals surface area contributed by atoms with Crippen LogP contribution in [0.2, 0.25) is 0 Å². The Balaban J connectivity index is 1.78. The fraction of sp³-hybridized carbons (Fsp3) is 0.462. The van der Waals surface area contributed by atoms with Crippen molar-refractivity contribution in [1.29, 1.82) is 0 Å². The van der Waals surface area contributed by atoms with Gasteiger partial charge in [0.15, 0.2) is 5.96 Å². The Bertz CT molecular complexity index is 403. The number of fused-ring (bicyclic) bond motifs is 1. The molecule has 0 spiro atoms. The van der Waals surface area contributed by atoms with Gasteiger partial charge in [-0.05, 0) is 17.5 Å². The van der Waals surface area contributed by atoms with Gasteiger partial charge < -0.3 is 15.8 Å². The third-order valence-corrected chi connectivity index (χ3v) is 3.06. The number of rotatable bonds is 5. The summed E-state index contributed by atoms with van der Waals surface area (Å²) in [4.78, 5) is 4.34. The molecule has 1 aliphatic carbocycles. The van der Waals surface area contributed by atoms with Crippen molar-refractivity contribution in [3.05, 3.63) is 35.4 Å². The minimum absolute atomic E-state index is 0.506. The zero-order valence-electron chi connectivity index (χ0n) is 10.1. The molecule has 0 saturated heterocycles. The second-order valence-electron chi connectivity index (χ2n) is 4.25. The zero-order chi connectivity index (χ0) is 12.1. The maximum Gasteiger partial charge on any atom is 0.188 e. The summed E-state index contributed by atoms with van der Waals surface area (Å²) in [6.45, 7) is 2.11. The molecule has 0 fully saturated rings. The van der Waals surface area contributed by atoms with Gasteiger partial charge in [-0.15, -0.1) is 0 Å². The molecule has 3 N–H and O–H groups in total. The predicted molar refractivity (Wildman–Crippen MR) is 69.3 cm³/mol. The Morgan fingerprint density at radius 3 is 3.12 bits per heavy atom. The smallest absolute Gasteiger partial charge is 0.188 e. The molecular weight excluding hydrogens is 214 g/mol. The molecule has 4 nitrogen and oxygen atoms in total. The molecule has 4 heteroatoms. The van der Waals surface area contributed by atoms with Crippen molar-refractivity contribution in [2.45, 2.75) is 12.3 Å². The van der Waals surface area contributed by atoms with Crippen LogP contribution in [-0.2, 0) is 11.2 Å². The monoisotopic (exact) mass is 233 g/mol. The number of benzene rings is 1. The van der Waals surface area contributed by atoms with Crippen LogP contribution in [0.4, 0.5) is 0 Å². The van der Waals surface area contributed by atoms with Crippen LogP contribution in [0.3, 0.4) is 0 Å². The van der Waals surface area contributed by atoms with Gasteiger partial charge in [0.2, 0.25) is 0 Å². The van der Waals surface area contributed by atoms with Crippen LogP contribution in [0, 0.1) is 0 Å². The molecule has 1 aromatic rings. The van der Waals surface area contributed by atoms with Crippen molar-refractivity contribution in [3.63, 3.8) is 0 Å². The first-order valence-corrected chi connectivity index (χ1v) is 5.92. The van der Waals surface area contributed by atoms with Gasteiger partial charge in [0, 0.05) is 26.1 Å². The minimum Gasteiger partial charge on any atom is -0.383 e. The van der Waals surface area contributed by atoms with Gasteiger partial charge in [0.25, 0.3) is 0 Å². The zero-order valence-corrected chi connectivity index (χ0v) is 10.1. The molecule has 1 aromatic carbocycles. The normalized spacial score (nSPS) is 18.4. The van der Waals surface area contributed by atoms with Crippen molar-refractivity contribution >= 4 is 5.96 Å². The number of nitrogens with two attached hydrogens (primary N) is 1. The maximum absolute atomic E-state index is 5.74. The Morgan fingerprint density at radius 2 is 2.35 bits per heavy atom. The van der Waals surface area contributed by atoms with E-state index in [2.05, 4.69) is 34.6 Å². The minimum atomic E-state index is 0.506. The molecule has 0 bridgehead atoms. The van der Waals surface area contributed by atoms with Gasteiger partial charge in [0.05, 0.1) is 6.61 Å². The molecule has 0 heterocycles. The van der Waals surface area contributed by atoms with Crippen molar-refractivity contribution < 1.29 is 4.74 Å². The second-order valence-corrected chi connectivity index (χ2v) is 4.25. The Hall–Kier alpha value is -1.55. The lowest BCUT2D eigenvalue weighted by atomic mass is 9.78. The molecule has 0 aliphatic heterocycles. The van der Waals surface area contributed by atoms with Crippen LogP contribution in [-0.4, -0.2) is 32.8 Å². The number of hydrogen-bond acceptors (Lipinski definition) is 2. The van der Waals surface area contributed by atoms with E-state index in [0.29, 0.717) is 25.0 Å². The van der Waals surface area contributed by atoms with E-state index in [9.17, 15) is 0 Å². The number of nitrogens with zero attached hydrogens (tertiary/aromatic N) is 1. The number of methoxy groups -OCH3 is 1. The van der Waals surface area contributed by atoms with E-state index in [4.69, 9.17) is 10.5 Å². The third-order valence-electron chi connectivity index (χ3n) is 3.06. The Morgan fingerprint density at radius 1 is 1.53 bits per heavy atom. The van der Waals surface area contributed by atoms with E-state index in [1.54, 1.807) is 7.11 Å². The summed E-state index contributed by atoms with van der Waals surface area (Å²) in [5.74, 6) is 1.04. The van der Waals surface area contributed by atoms with E-state index in [1.807, 2.05) is 0 Å². The summed E-state index contributed by atoms with van der Waals surface area (Å²) >= 11 is 0. The van der Waals surface area contributed by atoms with Crippen LogP contribution < -0.4 is 11.1 Å². The van der Waals surface area contributed by atoms with Gasteiger partial charge in [-0.3, -0.25) is 4.99 Å². The Kier molecular flexibility index (Phi) is 3.98. The van der Waals surface area contributed by atoms with Crippen molar-refractivity contribution in [2.75, 3.05) is 26.8 Å². The summed E-state index contributed by atoms with van der Waals surface area (Å²) in [5, 5.41) is 3.01. The second kappa shape index (κ2) is 5.68. The van der Waals surface area contributed by atoms with Crippen molar-refractivity contribution in [2.24, 2.45) is 10.7 Å². The standard InChI is InChI=1S/C13H19N3O/c1-17-7-6-15-13(14)16-9-11-8-10-4-2-3-5-12(10)11/h2-5,11H,6-9H2,1H3,(H3,14,15,16)/t11-/m0/s1. The largest absolute Gasteiger partial charge is 0.383 e. The molecule has 17 heavy (non-hydrogen) atoms. The van der Waals surface area contributed by atoms with E-state index in [0.717, 1.165) is 13.0 Å². The van der Waals surface area contributed by atoms with Crippen LogP contribution in [0.5, 0.6) is 0 Å². The highest BCUT2D eigenvalue weighted by atomic mass is 16.5. The number of hydrogen-bond donors (Lipinski definition) is 2. The number of nitrogens with one attached hydrogen (secondary N) is 1. The van der Waals surface area contributed by atoms with Crippen molar-refractivity contribution in [1.82, 2.24) is 5.32 Å². The van der Waals surface area contributed by atoms with E-state index in [1.165, 1.54) is 11.1 Å². The number of guanidine groups is 1. The molecule has 0 aromatic heterocycles. The molecule has 2 rings (SSSR count). The van der Waals surface area contributed by atoms with Gasteiger partial charge in [0.1, 0.15) is 0 Å². The number of aliphatic imine (C=N–C) groups is 1. The van der Waals surface area contributed by atoms with Gasteiger partial charge in [-0.2, -0.15) is 0 Å². The van der Waals surface area contributed by atoms with E-state index in [-0.39, 0.29) is 0 Å². The topological polar surface area (TPSA) is 59.6 Å². The lowest BCUT2D eigenvalue weighted by molar-refractivity contribution is 0.204. The van der Waals surface area contributed by atoms with Crippen LogP contribution >= 0.6 is 0 Å². The lowest BCUT2D eigenvalue weighted by Gasteiger charge is -2.28. The predicted octanol–water partition coefficient (Wildman–Crippen LogP) is 0.877. The summed E-state index contributed by atoms with van der Waals surface area (Å²) in [5.41, 5.74) is 8.61. The van der Waals surface area contributed by atoms with E-state index < -0.39 is 0 Å². The molecule has 0 radical (unpaired) electrons. The highest BCUT2D eigenvalue weighted by Crippen LogP contribution is 2.34. The first-order chi connectivity index (χ1) is 8.31. The average molecular weight is 233 g/mol. The number of ether oxygens (including phenoxy) is 1. The van der Waals surface area contributed by atoms with E-state index >= 15 is 0 Å². The highest BCUT2D eigenvalue weighted by Gasteiger charge is 2.24. The summed E-state index contributed by atoms with van der Waals surface area (Å²) in [6.07, 6.45) is 1.12. The molecule has 1 aliphatic rings. The fourth-order valence-corrected chi connectivity index (χ4v) is 2.07. The first kappa shape index (κ1) is 11.9. The molecular formula is C13H19N3O. The molecule has 92 valence electrons. The van der Waals surface area contributed by atoms with Crippen molar-refractivity contribution in [3.8, 4) is 0 Å². The van der Waals surface area contributed by atoms with Gasteiger partial charge >= 0.3 is 0 Å². The molecule has 0 unspecified atom stereocenters. The Labute approximate surface area is 102 Å². The summed E-state index contributed by atoms with van der Waals surface area (Å²) in [7, 11) is 1.67. The average Bonchev–Trinajstić information content (AvgIpc) is 2.31. The summed E-state index contributed by atoms with van der Waals surface area (Å²) in [6, 6.07) is 8.51. The highest BCUT2D eigenvalue weighted by molar-refractivity contribution is 5.77. The van der Waals surface area contributed by atoms with Crippen LogP contribution in [0.1, 0.15) is 17.0 Å². The molecule has 0 saturated carbocycles. The molecule has 1 atom stereocenters. The third kappa shape index (κ3) is 2.97. The maximum atomic E-state index is 5.74. The lowest BCUT2D eigenvalue weighted by Crippen LogP contribution is -2.35. The van der Waals surface area contributed by atoms with Gasteiger partial charge in [-0.1, -0.05) is 24.3 Å². The summed E-state index contributed by atoms with van der Waals surface area (Å²) < 4.78 is 4.92. The first-order valence-electron chi connectivity index (χ1n) is 5.92. The van der Waals surface area contributed by atoms with Crippen LogP contribution in [0.15, 0.2) is 29.3 Å².